The second-order valence-electron chi connectivity index (χ2n) is 9.28. The number of rotatable bonds is 2. The monoisotopic (exact) mass is 360 g/mol. The predicted molar refractivity (Wildman–Crippen MR) is 95.0 cm³/mol. The van der Waals surface area contributed by atoms with Gasteiger partial charge in [-0.3, -0.25) is 9.59 Å². The van der Waals surface area contributed by atoms with Crippen LogP contribution in [-0.4, -0.2) is 45.2 Å². The van der Waals surface area contributed by atoms with Gasteiger partial charge < -0.3 is 15.3 Å². The zero-order valence-corrected chi connectivity index (χ0v) is 15.8. The Morgan fingerprint density at radius 1 is 1.27 bits per heavy atom. The fourth-order valence-electron chi connectivity index (χ4n) is 6.52. The fraction of sp³-hybridized carbons (Fsp3) is 0.714. The molecule has 0 radical (unpaired) electrons. The van der Waals surface area contributed by atoms with Crippen molar-refractivity contribution >= 4 is 11.6 Å². The zero-order valence-electron chi connectivity index (χ0n) is 15.8. The standard InChI is InChI=1S/C21H28O5/c1-5-12-7-14-15(19(14,3)4)13-6-11(9-22)17(24)21(26)16(23)10(2)8-20(12,21)18(13)25/h6,8,12-15,17,22,24,26H,5,7,9H2,1-4H3/t12-,13+,14-,15+,17-,20+,21-/m1/s1. The lowest BCUT2D eigenvalue weighted by Gasteiger charge is -2.46. The van der Waals surface area contributed by atoms with E-state index in [1.165, 1.54) is 0 Å². The van der Waals surface area contributed by atoms with Crippen molar-refractivity contribution in [2.24, 2.45) is 34.5 Å². The molecule has 2 fully saturated rings. The van der Waals surface area contributed by atoms with E-state index in [1.807, 2.05) is 6.92 Å². The van der Waals surface area contributed by atoms with Crippen molar-refractivity contribution < 1.29 is 24.9 Å². The van der Waals surface area contributed by atoms with Gasteiger partial charge >= 0.3 is 0 Å². The first kappa shape index (κ1) is 18.1. The lowest BCUT2D eigenvalue weighted by atomic mass is 9.58. The normalized spacial score (nSPS) is 48.8. The SMILES string of the molecule is CC[C@@H]1C[C@@H]2[C@H]([C@@H]3C=C(CO)[C@@H](O)[C@]4(O)C(=O)C(C)=C[C@@]14C3=O)C2(C)C. The van der Waals surface area contributed by atoms with E-state index >= 15 is 0 Å². The largest absolute Gasteiger partial charge is 0.392 e. The average molecular weight is 360 g/mol. The van der Waals surface area contributed by atoms with E-state index in [-0.39, 0.29) is 28.6 Å². The maximum absolute atomic E-state index is 13.9. The molecule has 2 bridgehead atoms. The smallest absolute Gasteiger partial charge is 0.194 e. The molecule has 3 N–H and O–H groups in total. The number of ketones is 2. The van der Waals surface area contributed by atoms with Crippen LogP contribution in [0, 0.1) is 34.5 Å². The van der Waals surface area contributed by atoms with Crippen LogP contribution in [0.1, 0.15) is 40.5 Å². The number of hydrogen-bond donors (Lipinski definition) is 3. The molecular weight excluding hydrogens is 332 g/mol. The van der Waals surface area contributed by atoms with E-state index in [0.717, 1.165) is 6.42 Å². The lowest BCUT2D eigenvalue weighted by molar-refractivity contribution is -0.175. The summed E-state index contributed by atoms with van der Waals surface area (Å²) in [6.45, 7) is 7.40. The van der Waals surface area contributed by atoms with Crippen molar-refractivity contribution in [1.82, 2.24) is 0 Å². The Morgan fingerprint density at radius 3 is 2.50 bits per heavy atom. The first-order valence-electron chi connectivity index (χ1n) is 9.59. The number of carbonyl (C=O) groups is 2. The third-order valence-electron chi connectivity index (χ3n) is 8.01. The van der Waals surface area contributed by atoms with E-state index in [9.17, 15) is 24.9 Å². The molecule has 5 heteroatoms. The lowest BCUT2D eigenvalue weighted by Crippen LogP contribution is -2.64. The highest BCUT2D eigenvalue weighted by molar-refractivity contribution is 6.13. The first-order valence-corrected chi connectivity index (χ1v) is 9.59. The van der Waals surface area contributed by atoms with Crippen LogP contribution in [0.4, 0.5) is 0 Å². The molecule has 0 unspecified atom stereocenters. The number of aliphatic hydroxyl groups excluding tert-OH is 2. The van der Waals surface area contributed by atoms with Gasteiger partial charge in [-0.15, -0.1) is 0 Å². The fourth-order valence-corrected chi connectivity index (χ4v) is 6.52. The molecule has 0 aromatic heterocycles. The summed E-state index contributed by atoms with van der Waals surface area (Å²) in [5.74, 6) is -1.02. The van der Waals surface area contributed by atoms with Gasteiger partial charge in [0.15, 0.2) is 17.2 Å². The van der Waals surface area contributed by atoms with Gasteiger partial charge in [-0.1, -0.05) is 39.3 Å². The Labute approximate surface area is 153 Å². The average Bonchev–Trinajstić information content (AvgIpc) is 3.11. The summed E-state index contributed by atoms with van der Waals surface area (Å²) in [7, 11) is 0. The van der Waals surface area contributed by atoms with Gasteiger partial charge in [0, 0.05) is 5.92 Å². The molecule has 4 aliphatic rings. The van der Waals surface area contributed by atoms with Crippen LogP contribution in [0.25, 0.3) is 0 Å². The van der Waals surface area contributed by atoms with Crippen LogP contribution < -0.4 is 0 Å². The van der Waals surface area contributed by atoms with Gasteiger partial charge in [-0.05, 0) is 47.7 Å². The molecule has 0 aliphatic heterocycles. The second kappa shape index (κ2) is 5.15. The van der Waals surface area contributed by atoms with Crippen molar-refractivity contribution in [3.63, 3.8) is 0 Å². The van der Waals surface area contributed by atoms with Crippen LogP contribution in [0.3, 0.4) is 0 Å². The van der Waals surface area contributed by atoms with Gasteiger partial charge in [0.2, 0.25) is 0 Å². The number of carbonyl (C=O) groups excluding carboxylic acids is 2. The summed E-state index contributed by atoms with van der Waals surface area (Å²) in [4.78, 5) is 26.8. The Kier molecular flexibility index (Phi) is 3.58. The number of fused-ring (bicyclic) bond motifs is 3. The summed E-state index contributed by atoms with van der Waals surface area (Å²) in [5.41, 5.74) is -3.13. The minimum atomic E-state index is -2.22. The molecule has 5 nitrogen and oxygen atoms in total. The van der Waals surface area contributed by atoms with Gasteiger partial charge in [-0.2, -0.15) is 0 Å². The minimum absolute atomic E-state index is 0.00119. The van der Waals surface area contributed by atoms with Gasteiger partial charge in [0.05, 0.1) is 12.0 Å². The summed E-state index contributed by atoms with van der Waals surface area (Å²) < 4.78 is 0. The Bertz CT molecular complexity index is 762. The van der Waals surface area contributed by atoms with Crippen LogP contribution in [0.15, 0.2) is 23.3 Å². The molecule has 2 saturated carbocycles. The van der Waals surface area contributed by atoms with Crippen LogP contribution >= 0.6 is 0 Å². The van der Waals surface area contributed by atoms with Gasteiger partial charge in [0.1, 0.15) is 6.10 Å². The van der Waals surface area contributed by atoms with Crippen molar-refractivity contribution in [2.75, 3.05) is 6.61 Å². The molecule has 26 heavy (non-hydrogen) atoms. The van der Waals surface area contributed by atoms with E-state index in [1.54, 1.807) is 19.1 Å². The molecular formula is C21H28O5. The molecule has 0 saturated heterocycles. The van der Waals surface area contributed by atoms with Gasteiger partial charge in [0.25, 0.3) is 0 Å². The first-order chi connectivity index (χ1) is 12.1. The maximum Gasteiger partial charge on any atom is 0.194 e. The molecule has 1 spiro atoms. The van der Waals surface area contributed by atoms with Gasteiger partial charge in [-0.25, -0.2) is 0 Å². The van der Waals surface area contributed by atoms with E-state index in [2.05, 4.69) is 13.8 Å². The molecule has 4 aliphatic carbocycles. The molecule has 142 valence electrons. The Hall–Kier alpha value is -1.30. The maximum atomic E-state index is 13.9. The molecule has 0 amide bonds. The summed E-state index contributed by atoms with van der Waals surface area (Å²) in [6.07, 6.45) is 3.10. The van der Waals surface area contributed by atoms with E-state index in [0.29, 0.717) is 17.9 Å². The van der Waals surface area contributed by atoms with Crippen LogP contribution in [0.2, 0.25) is 0 Å². The molecule has 7 atom stereocenters. The minimum Gasteiger partial charge on any atom is -0.392 e. The molecule has 0 heterocycles. The molecule has 0 aromatic rings. The quantitative estimate of drug-likeness (QED) is 0.647. The predicted octanol–water partition coefficient (Wildman–Crippen LogP) is 1.41. The van der Waals surface area contributed by atoms with Crippen molar-refractivity contribution in [3.05, 3.63) is 23.3 Å². The summed E-state index contributed by atoms with van der Waals surface area (Å²) in [6, 6.07) is 0. The molecule has 0 aromatic carbocycles. The van der Waals surface area contributed by atoms with E-state index < -0.39 is 35.4 Å². The number of allylic oxidation sites excluding steroid dienone is 1. The number of aliphatic hydroxyl groups is 3. The van der Waals surface area contributed by atoms with Crippen molar-refractivity contribution in [2.45, 2.75) is 52.2 Å². The summed E-state index contributed by atoms with van der Waals surface area (Å²) in [5, 5.41) is 32.4. The van der Waals surface area contributed by atoms with Crippen molar-refractivity contribution in [1.29, 1.82) is 0 Å². The highest BCUT2D eigenvalue weighted by Gasteiger charge is 2.76. The Balaban J connectivity index is 2.02. The molecule has 4 rings (SSSR count). The Morgan fingerprint density at radius 2 is 1.92 bits per heavy atom. The second-order valence-corrected chi connectivity index (χ2v) is 9.28. The number of hydrogen-bond acceptors (Lipinski definition) is 5. The van der Waals surface area contributed by atoms with Crippen molar-refractivity contribution in [3.8, 4) is 0 Å². The highest BCUT2D eigenvalue weighted by Crippen LogP contribution is 2.71. The van der Waals surface area contributed by atoms with Crippen LogP contribution in [-0.2, 0) is 9.59 Å². The third-order valence-corrected chi connectivity index (χ3v) is 8.01. The third kappa shape index (κ3) is 1.73. The number of Topliss-reactive ketones (excluding diaryl/α,β-unsaturated/α-hetero) is 2. The topological polar surface area (TPSA) is 94.8 Å². The zero-order chi connectivity index (χ0) is 19.2. The van der Waals surface area contributed by atoms with Crippen LogP contribution in [0.5, 0.6) is 0 Å². The highest BCUT2D eigenvalue weighted by atomic mass is 16.4. The summed E-state index contributed by atoms with van der Waals surface area (Å²) >= 11 is 0. The van der Waals surface area contributed by atoms with E-state index in [4.69, 9.17) is 0 Å².